The van der Waals surface area contributed by atoms with E-state index in [0.717, 1.165) is 18.4 Å². The molecule has 0 atom stereocenters. The second kappa shape index (κ2) is 8.67. The van der Waals surface area contributed by atoms with Crippen LogP contribution in [0.5, 0.6) is 0 Å². The minimum Gasteiger partial charge on any atom is -0.459 e. The van der Waals surface area contributed by atoms with Gasteiger partial charge in [-0.05, 0) is 43.2 Å². The Hall–Kier alpha value is -2.89. The number of carbonyl (C=O) groups excluding carboxylic acids is 2. The molecule has 0 unspecified atom stereocenters. The molecule has 0 aliphatic rings. The van der Waals surface area contributed by atoms with Crippen molar-refractivity contribution in [3.63, 3.8) is 0 Å². The molecule has 0 saturated heterocycles. The van der Waals surface area contributed by atoms with Gasteiger partial charge >= 0.3 is 0 Å². The Kier molecular flexibility index (Phi) is 6.31. The van der Waals surface area contributed by atoms with Gasteiger partial charge in [-0.1, -0.05) is 25.5 Å². The average molecular weight is 327 g/mol. The molecule has 2 amide bonds. The van der Waals surface area contributed by atoms with Gasteiger partial charge in [-0.2, -0.15) is 5.10 Å². The monoisotopic (exact) mass is 327 g/mol. The molecule has 126 valence electrons. The Morgan fingerprint density at radius 3 is 2.75 bits per heavy atom. The molecule has 6 nitrogen and oxygen atoms in total. The third-order valence-electron chi connectivity index (χ3n) is 3.39. The summed E-state index contributed by atoms with van der Waals surface area (Å²) in [5.74, 6) is -0.174. The van der Waals surface area contributed by atoms with Gasteiger partial charge in [0.2, 0.25) is 5.91 Å². The third kappa shape index (κ3) is 5.08. The fourth-order valence-corrected chi connectivity index (χ4v) is 2.03. The fraction of sp³-hybridized carbons (Fsp3) is 0.278. The van der Waals surface area contributed by atoms with Crippen molar-refractivity contribution in [2.75, 3.05) is 5.32 Å². The molecular weight excluding hydrogens is 306 g/mol. The van der Waals surface area contributed by atoms with Gasteiger partial charge in [-0.3, -0.25) is 9.59 Å². The van der Waals surface area contributed by atoms with E-state index >= 15 is 0 Å². The summed E-state index contributed by atoms with van der Waals surface area (Å²) in [4.78, 5) is 23.6. The summed E-state index contributed by atoms with van der Waals surface area (Å²) in [6.45, 7) is 3.83. The zero-order valence-electron chi connectivity index (χ0n) is 13.8. The van der Waals surface area contributed by atoms with Crippen LogP contribution >= 0.6 is 0 Å². The standard InChI is InChI=1S/C18H21N3O3/c1-3-4-10-17(22)21-20-13(2)14-7-5-8-15(12-14)19-18(23)16-9-6-11-24-16/h5-9,11-12H,3-4,10H2,1-2H3,(H,19,23)(H,21,22)/b20-13+. The van der Waals surface area contributed by atoms with E-state index in [0.29, 0.717) is 17.8 Å². The van der Waals surface area contributed by atoms with Gasteiger partial charge in [0.05, 0.1) is 12.0 Å². The Labute approximate surface area is 140 Å². The number of rotatable bonds is 7. The molecule has 0 bridgehead atoms. The first-order chi connectivity index (χ1) is 11.6. The van der Waals surface area contributed by atoms with E-state index in [4.69, 9.17) is 4.42 Å². The Morgan fingerprint density at radius 2 is 2.04 bits per heavy atom. The summed E-state index contributed by atoms with van der Waals surface area (Å²) in [7, 11) is 0. The zero-order valence-corrected chi connectivity index (χ0v) is 13.8. The molecule has 0 spiro atoms. The first-order valence-corrected chi connectivity index (χ1v) is 7.88. The lowest BCUT2D eigenvalue weighted by atomic mass is 10.1. The summed E-state index contributed by atoms with van der Waals surface area (Å²) >= 11 is 0. The minimum absolute atomic E-state index is 0.0986. The fourth-order valence-electron chi connectivity index (χ4n) is 2.03. The predicted octanol–water partition coefficient (Wildman–Crippen LogP) is 3.56. The molecular formula is C18H21N3O3. The summed E-state index contributed by atoms with van der Waals surface area (Å²) in [6.07, 6.45) is 3.72. The van der Waals surface area contributed by atoms with Gasteiger partial charge in [0.15, 0.2) is 5.76 Å². The van der Waals surface area contributed by atoms with Crippen LogP contribution in [0.3, 0.4) is 0 Å². The van der Waals surface area contributed by atoms with E-state index in [2.05, 4.69) is 15.8 Å². The Balaban J connectivity index is 2.01. The highest BCUT2D eigenvalue weighted by atomic mass is 16.3. The molecule has 0 aliphatic heterocycles. The number of unbranched alkanes of at least 4 members (excludes halogenated alkanes) is 1. The second-order valence-electron chi connectivity index (χ2n) is 5.35. The van der Waals surface area contributed by atoms with Crippen molar-refractivity contribution in [1.82, 2.24) is 5.43 Å². The first kappa shape index (κ1) is 17.5. The van der Waals surface area contributed by atoms with Gasteiger partial charge in [-0.15, -0.1) is 0 Å². The van der Waals surface area contributed by atoms with Crippen molar-refractivity contribution >= 4 is 23.2 Å². The van der Waals surface area contributed by atoms with Crippen LogP contribution in [0.1, 0.15) is 49.2 Å². The highest BCUT2D eigenvalue weighted by molar-refractivity contribution is 6.04. The molecule has 2 aromatic rings. The quantitative estimate of drug-likeness (QED) is 0.602. The van der Waals surface area contributed by atoms with E-state index < -0.39 is 0 Å². The maximum Gasteiger partial charge on any atom is 0.291 e. The molecule has 2 rings (SSSR count). The van der Waals surface area contributed by atoms with Crippen LogP contribution < -0.4 is 10.7 Å². The lowest BCUT2D eigenvalue weighted by molar-refractivity contribution is -0.121. The van der Waals surface area contributed by atoms with Crippen molar-refractivity contribution in [1.29, 1.82) is 0 Å². The van der Waals surface area contributed by atoms with Crippen molar-refractivity contribution in [3.8, 4) is 0 Å². The van der Waals surface area contributed by atoms with Crippen molar-refractivity contribution in [3.05, 3.63) is 54.0 Å². The second-order valence-corrected chi connectivity index (χ2v) is 5.35. The molecule has 1 aromatic carbocycles. The van der Waals surface area contributed by atoms with Crippen LogP contribution in [0.4, 0.5) is 5.69 Å². The molecule has 0 saturated carbocycles. The zero-order chi connectivity index (χ0) is 17.4. The van der Waals surface area contributed by atoms with Crippen LogP contribution in [0, 0.1) is 0 Å². The lowest BCUT2D eigenvalue weighted by Crippen LogP contribution is -2.18. The van der Waals surface area contributed by atoms with Crippen LogP contribution in [0.15, 0.2) is 52.2 Å². The maximum atomic E-state index is 12.0. The summed E-state index contributed by atoms with van der Waals surface area (Å²) in [6, 6.07) is 10.5. The number of hydrogen-bond donors (Lipinski definition) is 2. The highest BCUT2D eigenvalue weighted by Gasteiger charge is 2.09. The first-order valence-electron chi connectivity index (χ1n) is 7.88. The van der Waals surface area contributed by atoms with E-state index in [1.807, 2.05) is 19.1 Å². The predicted molar refractivity (Wildman–Crippen MR) is 93.0 cm³/mol. The van der Waals surface area contributed by atoms with Crippen LogP contribution in [-0.4, -0.2) is 17.5 Å². The van der Waals surface area contributed by atoms with Crippen molar-refractivity contribution in [2.45, 2.75) is 33.1 Å². The minimum atomic E-state index is -0.320. The number of hydrazone groups is 1. The maximum absolute atomic E-state index is 12.0. The smallest absolute Gasteiger partial charge is 0.291 e. The largest absolute Gasteiger partial charge is 0.459 e. The lowest BCUT2D eigenvalue weighted by Gasteiger charge is -2.07. The number of nitrogens with zero attached hydrogens (tertiary/aromatic N) is 1. The molecule has 0 aliphatic carbocycles. The van der Waals surface area contributed by atoms with Crippen LogP contribution in [0.2, 0.25) is 0 Å². The number of anilines is 1. The number of furan rings is 1. The van der Waals surface area contributed by atoms with Gasteiger partial charge < -0.3 is 9.73 Å². The number of amides is 2. The number of nitrogens with one attached hydrogen (secondary N) is 2. The summed E-state index contributed by atoms with van der Waals surface area (Å²) < 4.78 is 5.06. The van der Waals surface area contributed by atoms with Gasteiger partial charge in [0, 0.05) is 12.1 Å². The van der Waals surface area contributed by atoms with E-state index in [1.165, 1.54) is 6.26 Å². The topological polar surface area (TPSA) is 83.7 Å². The normalized spacial score (nSPS) is 11.2. The summed E-state index contributed by atoms with van der Waals surface area (Å²) in [5, 5.41) is 6.86. The number of hydrogen-bond acceptors (Lipinski definition) is 4. The highest BCUT2D eigenvalue weighted by Crippen LogP contribution is 2.13. The molecule has 0 fully saturated rings. The Morgan fingerprint density at radius 1 is 1.21 bits per heavy atom. The van der Waals surface area contributed by atoms with Crippen LogP contribution in [-0.2, 0) is 4.79 Å². The van der Waals surface area contributed by atoms with Gasteiger partial charge in [0.1, 0.15) is 0 Å². The van der Waals surface area contributed by atoms with Gasteiger partial charge in [0.25, 0.3) is 5.91 Å². The van der Waals surface area contributed by atoms with E-state index in [1.54, 1.807) is 31.2 Å². The molecule has 6 heteroatoms. The average Bonchev–Trinajstić information content (AvgIpc) is 3.12. The molecule has 0 radical (unpaired) electrons. The molecule has 1 heterocycles. The van der Waals surface area contributed by atoms with Crippen molar-refractivity contribution < 1.29 is 14.0 Å². The molecule has 2 N–H and O–H groups in total. The number of benzene rings is 1. The number of carbonyl (C=O) groups is 2. The third-order valence-corrected chi connectivity index (χ3v) is 3.39. The molecule has 24 heavy (non-hydrogen) atoms. The SMILES string of the molecule is CCCCC(=O)N/N=C(\C)c1cccc(NC(=O)c2ccco2)c1. The van der Waals surface area contributed by atoms with E-state index in [-0.39, 0.29) is 17.6 Å². The molecule has 1 aromatic heterocycles. The van der Waals surface area contributed by atoms with Crippen molar-refractivity contribution in [2.24, 2.45) is 5.10 Å². The van der Waals surface area contributed by atoms with Gasteiger partial charge in [-0.25, -0.2) is 5.43 Å². The summed E-state index contributed by atoms with van der Waals surface area (Å²) in [5.41, 5.74) is 4.64. The Bertz CT molecular complexity index is 721. The van der Waals surface area contributed by atoms with E-state index in [9.17, 15) is 9.59 Å². The van der Waals surface area contributed by atoms with Crippen LogP contribution in [0.25, 0.3) is 0 Å².